The average Bonchev–Trinajstić information content (AvgIpc) is 3.10. The second-order valence-electron chi connectivity index (χ2n) is 7.60. The molecule has 9 heteroatoms. The number of aryl methyl sites for hydroxylation is 2. The monoisotopic (exact) mass is 374 g/mol. The van der Waals surface area contributed by atoms with E-state index in [1.165, 1.54) is 11.6 Å². The highest BCUT2D eigenvalue weighted by Crippen LogP contribution is 2.17. The highest BCUT2D eigenvalue weighted by atomic mass is 16.5. The molecule has 3 aromatic heterocycles. The molecule has 1 aliphatic heterocycles. The first-order chi connectivity index (χ1) is 12.8. The molecule has 1 aliphatic rings. The van der Waals surface area contributed by atoms with Crippen LogP contribution in [0.25, 0.3) is 16.9 Å². The SMILES string of the molecule is Cc1cn2c3c(=O)n(C)c(=O)n(C)c3nc2n1CCN1C[C@@H](C)O[C@@H](C)C1. The first-order valence-corrected chi connectivity index (χ1v) is 9.29. The number of imidazole rings is 2. The normalized spacial score (nSPS) is 21.5. The second-order valence-corrected chi connectivity index (χ2v) is 7.60. The van der Waals surface area contributed by atoms with Gasteiger partial charge in [-0.3, -0.25) is 23.2 Å². The summed E-state index contributed by atoms with van der Waals surface area (Å²) in [6, 6.07) is 0. The minimum Gasteiger partial charge on any atom is -0.373 e. The summed E-state index contributed by atoms with van der Waals surface area (Å²) in [6.07, 6.45) is 2.37. The van der Waals surface area contributed by atoms with Crippen molar-refractivity contribution in [3.05, 3.63) is 32.7 Å². The van der Waals surface area contributed by atoms with Gasteiger partial charge in [0, 0.05) is 52.2 Å². The third kappa shape index (κ3) is 2.81. The molecule has 1 fully saturated rings. The van der Waals surface area contributed by atoms with E-state index in [1.807, 2.05) is 13.1 Å². The summed E-state index contributed by atoms with van der Waals surface area (Å²) in [6.45, 7) is 9.66. The Morgan fingerprint density at radius 3 is 2.44 bits per heavy atom. The van der Waals surface area contributed by atoms with Gasteiger partial charge >= 0.3 is 5.69 Å². The summed E-state index contributed by atoms with van der Waals surface area (Å²) in [5, 5.41) is 0. The Kier molecular flexibility index (Phi) is 4.23. The van der Waals surface area contributed by atoms with Crippen LogP contribution in [-0.2, 0) is 25.4 Å². The number of nitrogens with zero attached hydrogens (tertiary/aromatic N) is 6. The van der Waals surface area contributed by atoms with E-state index in [1.54, 1.807) is 11.4 Å². The minimum atomic E-state index is -0.368. The van der Waals surface area contributed by atoms with Crippen LogP contribution in [0, 0.1) is 6.92 Å². The van der Waals surface area contributed by atoms with Gasteiger partial charge in [0.05, 0.1) is 12.2 Å². The lowest BCUT2D eigenvalue weighted by Gasteiger charge is -2.35. The van der Waals surface area contributed by atoms with Gasteiger partial charge < -0.3 is 9.30 Å². The van der Waals surface area contributed by atoms with E-state index < -0.39 is 0 Å². The van der Waals surface area contributed by atoms with Crippen LogP contribution < -0.4 is 11.2 Å². The maximum atomic E-state index is 12.6. The standard InChI is InChI=1S/C18H26N6O3/c1-11-8-24-14-15(20(4)18(26)21(5)16(14)25)19-17(24)23(11)7-6-22-9-12(2)27-13(3)10-22/h8,12-13H,6-7,9-10H2,1-5H3/t12-,13+. The highest BCUT2D eigenvalue weighted by molar-refractivity contribution is 5.75. The predicted octanol–water partition coefficient (Wildman–Crippen LogP) is 0.104. The number of rotatable bonds is 3. The van der Waals surface area contributed by atoms with Crippen LogP contribution in [0.4, 0.5) is 0 Å². The molecule has 27 heavy (non-hydrogen) atoms. The van der Waals surface area contributed by atoms with E-state index in [0.29, 0.717) is 16.9 Å². The van der Waals surface area contributed by atoms with E-state index >= 15 is 0 Å². The summed E-state index contributed by atoms with van der Waals surface area (Å²) < 4.78 is 12.3. The molecule has 3 aromatic rings. The van der Waals surface area contributed by atoms with Gasteiger partial charge in [0.15, 0.2) is 11.2 Å². The van der Waals surface area contributed by atoms with Crippen molar-refractivity contribution in [1.29, 1.82) is 0 Å². The molecule has 0 N–H and O–H groups in total. The largest absolute Gasteiger partial charge is 0.373 e. The third-order valence-corrected chi connectivity index (χ3v) is 5.39. The van der Waals surface area contributed by atoms with Crippen LogP contribution in [0.2, 0.25) is 0 Å². The van der Waals surface area contributed by atoms with E-state index in [2.05, 4.69) is 28.3 Å². The first-order valence-electron chi connectivity index (χ1n) is 9.29. The zero-order chi connectivity index (χ0) is 19.5. The lowest BCUT2D eigenvalue weighted by Crippen LogP contribution is -2.46. The second kappa shape index (κ2) is 6.35. The molecular weight excluding hydrogens is 348 g/mol. The van der Waals surface area contributed by atoms with Crippen molar-refractivity contribution in [2.24, 2.45) is 14.1 Å². The van der Waals surface area contributed by atoms with E-state index in [-0.39, 0.29) is 23.5 Å². The summed E-state index contributed by atoms with van der Waals surface area (Å²) in [5.74, 6) is 0.690. The van der Waals surface area contributed by atoms with Crippen molar-refractivity contribution in [3.8, 4) is 0 Å². The van der Waals surface area contributed by atoms with Crippen molar-refractivity contribution in [2.75, 3.05) is 19.6 Å². The van der Waals surface area contributed by atoms with E-state index in [9.17, 15) is 9.59 Å². The molecule has 0 saturated carbocycles. The number of ether oxygens (including phenoxy) is 1. The summed E-state index contributed by atoms with van der Waals surface area (Å²) in [4.78, 5) is 31.9. The Balaban J connectivity index is 1.75. The zero-order valence-electron chi connectivity index (χ0n) is 16.5. The first kappa shape index (κ1) is 18.0. The number of aromatic nitrogens is 5. The molecule has 2 atom stereocenters. The van der Waals surface area contributed by atoms with Crippen molar-refractivity contribution in [1.82, 2.24) is 28.0 Å². The molecule has 0 bridgehead atoms. The molecular formula is C18H26N6O3. The van der Waals surface area contributed by atoms with Crippen LogP contribution in [0.5, 0.6) is 0 Å². The lowest BCUT2D eigenvalue weighted by atomic mass is 10.2. The molecule has 146 valence electrons. The van der Waals surface area contributed by atoms with E-state index in [0.717, 1.165) is 36.4 Å². The highest BCUT2D eigenvalue weighted by Gasteiger charge is 2.23. The van der Waals surface area contributed by atoms with Crippen LogP contribution in [-0.4, -0.2) is 59.8 Å². The zero-order valence-corrected chi connectivity index (χ0v) is 16.5. The van der Waals surface area contributed by atoms with Crippen molar-refractivity contribution in [3.63, 3.8) is 0 Å². The fourth-order valence-electron chi connectivity index (χ4n) is 4.11. The quantitative estimate of drug-likeness (QED) is 0.650. The van der Waals surface area contributed by atoms with Crippen LogP contribution in [0.3, 0.4) is 0 Å². The van der Waals surface area contributed by atoms with Crippen molar-refractivity contribution in [2.45, 2.75) is 39.5 Å². The Bertz CT molecular complexity index is 1120. The molecule has 0 amide bonds. The van der Waals surface area contributed by atoms with Gasteiger partial charge in [-0.1, -0.05) is 0 Å². The Labute approximate surface area is 156 Å². The summed E-state index contributed by atoms with van der Waals surface area (Å²) in [7, 11) is 3.14. The maximum absolute atomic E-state index is 12.6. The van der Waals surface area contributed by atoms with Gasteiger partial charge in [-0.2, -0.15) is 4.98 Å². The van der Waals surface area contributed by atoms with Gasteiger partial charge in [0.1, 0.15) is 0 Å². The molecule has 0 unspecified atom stereocenters. The van der Waals surface area contributed by atoms with Crippen LogP contribution in [0.15, 0.2) is 15.8 Å². The molecule has 0 radical (unpaired) electrons. The summed E-state index contributed by atoms with van der Waals surface area (Å²) in [5.41, 5.74) is 1.19. The smallest absolute Gasteiger partial charge is 0.332 e. The van der Waals surface area contributed by atoms with Gasteiger partial charge in [0.25, 0.3) is 5.56 Å². The number of morpholine rings is 1. The predicted molar refractivity (Wildman–Crippen MR) is 102 cm³/mol. The van der Waals surface area contributed by atoms with Gasteiger partial charge in [-0.15, -0.1) is 0 Å². The summed E-state index contributed by atoms with van der Waals surface area (Å²) >= 11 is 0. The molecule has 4 heterocycles. The van der Waals surface area contributed by atoms with Crippen LogP contribution in [0.1, 0.15) is 19.5 Å². The Morgan fingerprint density at radius 2 is 1.78 bits per heavy atom. The topological polar surface area (TPSA) is 78.7 Å². The number of fused-ring (bicyclic) bond motifs is 3. The van der Waals surface area contributed by atoms with Gasteiger partial charge in [0.2, 0.25) is 5.78 Å². The fourth-order valence-corrected chi connectivity index (χ4v) is 4.11. The lowest BCUT2D eigenvalue weighted by molar-refractivity contribution is -0.0685. The molecule has 0 aromatic carbocycles. The van der Waals surface area contributed by atoms with Crippen molar-refractivity contribution < 1.29 is 4.74 Å². The Morgan fingerprint density at radius 1 is 1.11 bits per heavy atom. The third-order valence-electron chi connectivity index (χ3n) is 5.39. The van der Waals surface area contributed by atoms with Crippen molar-refractivity contribution >= 4 is 16.9 Å². The molecule has 1 saturated heterocycles. The number of hydrogen-bond donors (Lipinski definition) is 0. The minimum absolute atomic E-state index is 0.228. The Hall–Kier alpha value is -2.39. The maximum Gasteiger partial charge on any atom is 0.332 e. The van der Waals surface area contributed by atoms with Gasteiger partial charge in [-0.05, 0) is 20.8 Å². The molecule has 0 aliphatic carbocycles. The average molecular weight is 374 g/mol. The molecule has 9 nitrogen and oxygen atoms in total. The molecule has 4 rings (SSSR count). The molecule has 0 spiro atoms. The number of hydrogen-bond acceptors (Lipinski definition) is 5. The van der Waals surface area contributed by atoms with Crippen LogP contribution >= 0.6 is 0 Å². The van der Waals surface area contributed by atoms with E-state index in [4.69, 9.17) is 4.74 Å². The fraction of sp³-hybridized carbons (Fsp3) is 0.611. The van der Waals surface area contributed by atoms with Gasteiger partial charge in [-0.25, -0.2) is 4.79 Å².